The van der Waals surface area contributed by atoms with Crippen molar-refractivity contribution in [2.75, 3.05) is 0 Å². The lowest BCUT2D eigenvalue weighted by molar-refractivity contribution is -0.238. The molecule has 0 radical (unpaired) electrons. The van der Waals surface area contributed by atoms with E-state index in [0.717, 1.165) is 25.7 Å². The summed E-state index contributed by atoms with van der Waals surface area (Å²) in [4.78, 5) is 14.1. The Labute approximate surface area is 53.6 Å². The molecule has 0 aliphatic heterocycles. The van der Waals surface area contributed by atoms with E-state index in [4.69, 9.17) is 5.26 Å². The van der Waals surface area contributed by atoms with E-state index in [2.05, 4.69) is 4.89 Å². The molecule has 1 aliphatic carbocycles. The summed E-state index contributed by atoms with van der Waals surface area (Å²) in [5.74, 6) is -0.498. The standard InChI is InChI=1S/C6H10O3/c7-6(9-8)5-3-1-2-4-5/h5,8H,1-4H2. The zero-order valence-corrected chi connectivity index (χ0v) is 5.17. The van der Waals surface area contributed by atoms with Gasteiger partial charge in [-0.05, 0) is 12.8 Å². The van der Waals surface area contributed by atoms with Gasteiger partial charge in [0.2, 0.25) is 0 Å². The molecule has 0 spiro atoms. The minimum absolute atomic E-state index is 0.0324. The van der Waals surface area contributed by atoms with E-state index in [1.807, 2.05) is 0 Å². The fourth-order valence-electron chi connectivity index (χ4n) is 1.24. The van der Waals surface area contributed by atoms with Gasteiger partial charge in [0.1, 0.15) is 0 Å². The monoisotopic (exact) mass is 130 g/mol. The van der Waals surface area contributed by atoms with Crippen LogP contribution in [-0.2, 0) is 9.68 Å². The van der Waals surface area contributed by atoms with Gasteiger partial charge in [0, 0.05) is 0 Å². The topological polar surface area (TPSA) is 46.5 Å². The van der Waals surface area contributed by atoms with Crippen LogP contribution in [0.15, 0.2) is 0 Å². The fourth-order valence-corrected chi connectivity index (χ4v) is 1.24. The molecule has 3 nitrogen and oxygen atoms in total. The molecule has 0 bridgehead atoms. The quantitative estimate of drug-likeness (QED) is 0.428. The SMILES string of the molecule is O=C(OO)C1CCCC1. The first kappa shape index (κ1) is 6.55. The predicted octanol–water partition coefficient (Wildman–Crippen LogP) is 1.19. The highest BCUT2D eigenvalue weighted by Gasteiger charge is 2.23. The van der Waals surface area contributed by atoms with E-state index in [0.29, 0.717) is 0 Å². The van der Waals surface area contributed by atoms with E-state index in [9.17, 15) is 4.79 Å². The third-order valence-electron chi connectivity index (χ3n) is 1.78. The molecule has 0 aromatic rings. The van der Waals surface area contributed by atoms with Gasteiger partial charge in [-0.3, -0.25) is 0 Å². The van der Waals surface area contributed by atoms with Crippen LogP contribution in [0.2, 0.25) is 0 Å². The van der Waals surface area contributed by atoms with Crippen molar-refractivity contribution in [2.24, 2.45) is 5.92 Å². The average molecular weight is 130 g/mol. The highest BCUT2D eigenvalue weighted by atomic mass is 17.1. The van der Waals surface area contributed by atoms with Crippen LogP contribution in [0.3, 0.4) is 0 Å². The number of carbonyl (C=O) groups is 1. The first-order chi connectivity index (χ1) is 4.34. The number of rotatable bonds is 1. The van der Waals surface area contributed by atoms with Gasteiger partial charge in [0.25, 0.3) is 0 Å². The van der Waals surface area contributed by atoms with Gasteiger partial charge in [-0.15, -0.1) is 0 Å². The maximum atomic E-state index is 10.5. The summed E-state index contributed by atoms with van der Waals surface area (Å²) in [6, 6.07) is 0. The Hall–Kier alpha value is -0.570. The smallest absolute Gasteiger partial charge is 0.301 e. The predicted molar refractivity (Wildman–Crippen MR) is 30.7 cm³/mol. The van der Waals surface area contributed by atoms with Gasteiger partial charge in [-0.25, -0.2) is 4.79 Å². The van der Waals surface area contributed by atoms with E-state index in [1.54, 1.807) is 0 Å². The van der Waals surface area contributed by atoms with Crippen molar-refractivity contribution in [1.82, 2.24) is 0 Å². The van der Waals surface area contributed by atoms with Crippen LogP contribution in [0, 0.1) is 5.92 Å². The summed E-state index contributed by atoms with van der Waals surface area (Å²) in [6.45, 7) is 0. The van der Waals surface area contributed by atoms with Crippen LogP contribution >= 0.6 is 0 Å². The molecule has 0 aromatic carbocycles. The molecule has 0 aromatic heterocycles. The van der Waals surface area contributed by atoms with Crippen LogP contribution in [0.1, 0.15) is 25.7 Å². The van der Waals surface area contributed by atoms with Crippen LogP contribution in [0.4, 0.5) is 0 Å². The summed E-state index contributed by atoms with van der Waals surface area (Å²) < 4.78 is 0. The molecule has 0 heterocycles. The van der Waals surface area contributed by atoms with Gasteiger partial charge >= 0.3 is 5.97 Å². The van der Waals surface area contributed by atoms with E-state index in [1.165, 1.54) is 0 Å². The maximum absolute atomic E-state index is 10.5. The van der Waals surface area contributed by atoms with E-state index >= 15 is 0 Å². The molecule has 0 saturated heterocycles. The lowest BCUT2D eigenvalue weighted by Crippen LogP contribution is -2.11. The van der Waals surface area contributed by atoms with Gasteiger partial charge in [0.05, 0.1) is 5.92 Å². The van der Waals surface area contributed by atoms with Gasteiger partial charge < -0.3 is 4.89 Å². The van der Waals surface area contributed by atoms with Crippen LogP contribution < -0.4 is 0 Å². The Balaban J connectivity index is 2.32. The van der Waals surface area contributed by atoms with Crippen molar-refractivity contribution < 1.29 is 14.9 Å². The van der Waals surface area contributed by atoms with Crippen molar-refractivity contribution in [2.45, 2.75) is 25.7 Å². The second-order valence-corrected chi connectivity index (χ2v) is 2.39. The molecule has 0 amide bonds. The molecule has 0 atom stereocenters. The van der Waals surface area contributed by atoms with Crippen molar-refractivity contribution in [1.29, 1.82) is 0 Å². The molecule has 1 aliphatic rings. The number of hydrogen-bond acceptors (Lipinski definition) is 3. The molecule has 52 valence electrons. The van der Waals surface area contributed by atoms with E-state index < -0.39 is 5.97 Å². The van der Waals surface area contributed by atoms with Crippen LogP contribution in [0.25, 0.3) is 0 Å². The Kier molecular flexibility index (Phi) is 2.05. The molecule has 1 saturated carbocycles. The first-order valence-corrected chi connectivity index (χ1v) is 3.20. The molecule has 0 unspecified atom stereocenters. The first-order valence-electron chi connectivity index (χ1n) is 3.20. The summed E-state index contributed by atoms with van der Waals surface area (Å²) in [6.07, 6.45) is 3.92. The average Bonchev–Trinajstić information content (AvgIpc) is 2.37. The molecule has 9 heavy (non-hydrogen) atoms. The fraction of sp³-hybridized carbons (Fsp3) is 0.833. The van der Waals surface area contributed by atoms with E-state index in [-0.39, 0.29) is 5.92 Å². The van der Waals surface area contributed by atoms with Crippen molar-refractivity contribution in [3.8, 4) is 0 Å². The summed E-state index contributed by atoms with van der Waals surface area (Å²) in [5, 5.41) is 7.95. The van der Waals surface area contributed by atoms with Crippen molar-refractivity contribution in [3.63, 3.8) is 0 Å². The van der Waals surface area contributed by atoms with Crippen LogP contribution in [-0.4, -0.2) is 11.2 Å². The third-order valence-corrected chi connectivity index (χ3v) is 1.78. The Morgan fingerprint density at radius 2 is 2.00 bits per heavy atom. The highest BCUT2D eigenvalue weighted by molar-refractivity contribution is 5.71. The second kappa shape index (κ2) is 2.82. The summed E-state index contributed by atoms with van der Waals surface area (Å²) in [5.41, 5.74) is 0. The molecule has 3 heteroatoms. The van der Waals surface area contributed by atoms with Crippen molar-refractivity contribution in [3.05, 3.63) is 0 Å². The second-order valence-electron chi connectivity index (χ2n) is 2.39. The normalized spacial score (nSPS) is 20.1. The lowest BCUT2D eigenvalue weighted by atomic mass is 10.1. The van der Waals surface area contributed by atoms with Gasteiger partial charge in [0.15, 0.2) is 0 Å². The summed E-state index contributed by atoms with van der Waals surface area (Å²) >= 11 is 0. The number of hydrogen-bond donors (Lipinski definition) is 1. The minimum Gasteiger partial charge on any atom is -0.301 e. The van der Waals surface area contributed by atoms with Crippen molar-refractivity contribution >= 4 is 5.97 Å². The largest absolute Gasteiger partial charge is 0.345 e. The molecule has 1 fully saturated rings. The Morgan fingerprint density at radius 3 is 2.44 bits per heavy atom. The molecular formula is C6H10O3. The Morgan fingerprint density at radius 1 is 1.44 bits per heavy atom. The maximum Gasteiger partial charge on any atom is 0.345 e. The van der Waals surface area contributed by atoms with Crippen LogP contribution in [0.5, 0.6) is 0 Å². The number of carbonyl (C=O) groups excluding carboxylic acids is 1. The Bertz CT molecular complexity index is 105. The zero-order chi connectivity index (χ0) is 6.69. The van der Waals surface area contributed by atoms with Gasteiger partial charge in [-0.1, -0.05) is 12.8 Å². The van der Waals surface area contributed by atoms with Gasteiger partial charge in [-0.2, -0.15) is 5.26 Å². The summed E-state index contributed by atoms with van der Waals surface area (Å²) in [7, 11) is 0. The highest BCUT2D eigenvalue weighted by Crippen LogP contribution is 2.25. The molecule has 1 N–H and O–H groups in total. The zero-order valence-electron chi connectivity index (χ0n) is 5.17. The minimum atomic E-state index is -0.465. The lowest BCUT2D eigenvalue weighted by Gasteiger charge is -2.00. The molecular weight excluding hydrogens is 120 g/mol. The molecule has 1 rings (SSSR count). The third kappa shape index (κ3) is 1.42.